The van der Waals surface area contributed by atoms with E-state index < -0.39 is 30.1 Å². The van der Waals surface area contributed by atoms with Crippen molar-refractivity contribution in [3.8, 4) is 6.07 Å². The number of nitrogens with zero attached hydrogens (tertiary/aromatic N) is 4. The SMILES string of the molecule is N#Cc1ccc(N2C(=O)[C@H]3C4C[C@@H](CN4C(=O)O)N3C2=O)c2ccccc12. The summed E-state index contributed by atoms with van der Waals surface area (Å²) >= 11 is 0. The molecule has 2 aromatic rings. The molecular formula is C19H14N4O4. The van der Waals surface area contributed by atoms with Crippen molar-refractivity contribution in [3.05, 3.63) is 42.0 Å². The summed E-state index contributed by atoms with van der Waals surface area (Å²) in [7, 11) is 0. The summed E-state index contributed by atoms with van der Waals surface area (Å²) < 4.78 is 0. The maximum absolute atomic E-state index is 13.1. The molecule has 0 saturated carbocycles. The maximum atomic E-state index is 13.1. The van der Waals surface area contributed by atoms with Crippen LogP contribution < -0.4 is 4.90 Å². The lowest BCUT2D eigenvalue weighted by atomic mass is 10.0. The molecule has 0 radical (unpaired) electrons. The Morgan fingerprint density at radius 1 is 1.15 bits per heavy atom. The number of piperazine rings is 1. The fourth-order valence-corrected chi connectivity index (χ4v) is 4.67. The van der Waals surface area contributed by atoms with Crippen LogP contribution in [0.1, 0.15) is 12.0 Å². The molecule has 0 spiro atoms. The average molecular weight is 362 g/mol. The minimum absolute atomic E-state index is 0.234. The van der Waals surface area contributed by atoms with Crippen molar-refractivity contribution in [1.82, 2.24) is 9.80 Å². The number of carboxylic acid groups (broad SMARTS) is 1. The van der Waals surface area contributed by atoms with Crippen molar-refractivity contribution in [2.75, 3.05) is 11.4 Å². The Kier molecular flexibility index (Phi) is 3.01. The summed E-state index contributed by atoms with van der Waals surface area (Å²) in [4.78, 5) is 41.6. The molecule has 8 nitrogen and oxygen atoms in total. The lowest BCUT2D eigenvalue weighted by Crippen LogP contribution is -2.54. The molecule has 3 atom stereocenters. The van der Waals surface area contributed by atoms with Crippen LogP contribution in [0.2, 0.25) is 0 Å². The molecule has 2 bridgehead atoms. The van der Waals surface area contributed by atoms with E-state index in [1.807, 2.05) is 0 Å². The summed E-state index contributed by atoms with van der Waals surface area (Å²) in [5.74, 6) is -0.409. The average Bonchev–Trinajstić information content (AvgIpc) is 3.33. The lowest BCUT2D eigenvalue weighted by Gasteiger charge is -2.32. The zero-order valence-corrected chi connectivity index (χ0v) is 14.1. The van der Waals surface area contributed by atoms with Crippen LogP contribution in [0.25, 0.3) is 10.8 Å². The van der Waals surface area contributed by atoms with Crippen molar-refractivity contribution < 1.29 is 19.5 Å². The van der Waals surface area contributed by atoms with Gasteiger partial charge in [-0.2, -0.15) is 5.26 Å². The smallest absolute Gasteiger partial charge is 0.407 e. The third-order valence-electron chi connectivity index (χ3n) is 5.77. The van der Waals surface area contributed by atoms with Gasteiger partial charge in [-0.05, 0) is 18.6 Å². The summed E-state index contributed by atoms with van der Waals surface area (Å²) in [6.07, 6.45) is -0.569. The molecule has 1 unspecified atom stereocenters. The van der Waals surface area contributed by atoms with Gasteiger partial charge in [0.25, 0.3) is 5.91 Å². The second kappa shape index (κ2) is 5.20. The quantitative estimate of drug-likeness (QED) is 0.781. The third-order valence-corrected chi connectivity index (χ3v) is 5.77. The molecule has 2 aromatic carbocycles. The first-order valence-electron chi connectivity index (χ1n) is 8.60. The number of likely N-dealkylation sites (tertiary alicyclic amines) is 1. The van der Waals surface area contributed by atoms with Gasteiger partial charge in [0.15, 0.2) is 0 Å². The largest absolute Gasteiger partial charge is 0.465 e. The number of imide groups is 1. The van der Waals surface area contributed by atoms with E-state index in [4.69, 9.17) is 0 Å². The molecule has 3 aliphatic rings. The number of benzene rings is 2. The van der Waals surface area contributed by atoms with Crippen molar-refractivity contribution >= 4 is 34.5 Å². The Morgan fingerprint density at radius 2 is 1.89 bits per heavy atom. The van der Waals surface area contributed by atoms with Crippen LogP contribution in [-0.2, 0) is 4.79 Å². The maximum Gasteiger partial charge on any atom is 0.407 e. The molecule has 0 aliphatic carbocycles. The monoisotopic (exact) mass is 362 g/mol. The van der Waals surface area contributed by atoms with Crippen LogP contribution in [0.3, 0.4) is 0 Å². The highest BCUT2D eigenvalue weighted by Gasteiger charge is 2.63. The molecule has 8 heteroatoms. The highest BCUT2D eigenvalue weighted by Crippen LogP contribution is 2.43. The minimum Gasteiger partial charge on any atom is -0.465 e. The van der Waals surface area contributed by atoms with Gasteiger partial charge in [0.1, 0.15) is 6.04 Å². The second-order valence-corrected chi connectivity index (χ2v) is 6.99. The normalized spacial score (nSPS) is 26.0. The molecule has 134 valence electrons. The summed E-state index contributed by atoms with van der Waals surface area (Å²) in [6, 6.07) is 10.5. The molecule has 27 heavy (non-hydrogen) atoms. The summed E-state index contributed by atoms with van der Waals surface area (Å²) in [6.45, 7) is 0.234. The number of anilines is 1. The molecule has 3 fully saturated rings. The van der Waals surface area contributed by atoms with Gasteiger partial charge < -0.3 is 14.9 Å². The van der Waals surface area contributed by atoms with E-state index in [0.717, 1.165) is 4.90 Å². The third kappa shape index (κ3) is 1.88. The zero-order chi connectivity index (χ0) is 18.9. The van der Waals surface area contributed by atoms with E-state index in [1.54, 1.807) is 36.4 Å². The van der Waals surface area contributed by atoms with Crippen molar-refractivity contribution in [2.45, 2.75) is 24.5 Å². The van der Waals surface area contributed by atoms with E-state index >= 15 is 0 Å². The highest BCUT2D eigenvalue weighted by atomic mass is 16.4. The second-order valence-electron chi connectivity index (χ2n) is 6.99. The summed E-state index contributed by atoms with van der Waals surface area (Å²) in [5, 5.41) is 20.0. The first-order chi connectivity index (χ1) is 13.0. The van der Waals surface area contributed by atoms with Crippen LogP contribution in [0.4, 0.5) is 15.3 Å². The first-order valence-corrected chi connectivity index (χ1v) is 8.60. The van der Waals surface area contributed by atoms with Gasteiger partial charge in [0, 0.05) is 17.3 Å². The Balaban J connectivity index is 1.62. The molecule has 1 N–H and O–H groups in total. The standard InChI is InChI=1S/C19H14N4O4/c20-8-10-5-6-14(13-4-2-1-3-12(10)13)23-17(24)16-15-7-11(22(16)18(23)25)9-21(15)19(26)27/h1-6,11,15-16H,7,9H2,(H,26,27)/t11-,15?,16+/m0/s1. The Hall–Kier alpha value is -3.60. The number of nitriles is 1. The molecule has 3 saturated heterocycles. The number of hydrogen-bond donors (Lipinski definition) is 1. The molecule has 0 aromatic heterocycles. The van der Waals surface area contributed by atoms with Crippen molar-refractivity contribution in [1.29, 1.82) is 5.26 Å². The predicted molar refractivity (Wildman–Crippen MR) is 94.1 cm³/mol. The molecule has 3 aliphatic heterocycles. The summed E-state index contributed by atoms with van der Waals surface area (Å²) in [5.41, 5.74) is 0.890. The van der Waals surface area contributed by atoms with E-state index in [0.29, 0.717) is 28.4 Å². The number of urea groups is 1. The first kappa shape index (κ1) is 15.6. The van der Waals surface area contributed by atoms with Crippen LogP contribution in [0.15, 0.2) is 36.4 Å². The van der Waals surface area contributed by atoms with Gasteiger partial charge in [-0.15, -0.1) is 0 Å². The van der Waals surface area contributed by atoms with E-state index in [1.165, 1.54) is 9.80 Å². The van der Waals surface area contributed by atoms with Gasteiger partial charge in [-0.25, -0.2) is 14.5 Å². The minimum atomic E-state index is -1.07. The van der Waals surface area contributed by atoms with Crippen LogP contribution in [-0.4, -0.2) is 57.6 Å². The van der Waals surface area contributed by atoms with Crippen LogP contribution in [0, 0.1) is 11.3 Å². The topological polar surface area (TPSA) is 105 Å². The lowest BCUT2D eigenvalue weighted by molar-refractivity contribution is -0.121. The van der Waals surface area contributed by atoms with Gasteiger partial charge in [-0.3, -0.25) is 4.79 Å². The van der Waals surface area contributed by atoms with E-state index in [-0.39, 0.29) is 12.6 Å². The molecule has 5 rings (SSSR count). The Morgan fingerprint density at radius 3 is 2.59 bits per heavy atom. The number of hydrogen-bond acceptors (Lipinski definition) is 4. The number of carbonyl (C=O) groups is 3. The van der Waals surface area contributed by atoms with Crippen molar-refractivity contribution in [2.24, 2.45) is 0 Å². The fraction of sp³-hybridized carbons (Fsp3) is 0.263. The fourth-order valence-electron chi connectivity index (χ4n) is 4.67. The molecule has 4 amide bonds. The Bertz CT molecular complexity index is 1080. The van der Waals surface area contributed by atoms with E-state index in [2.05, 4.69) is 6.07 Å². The van der Waals surface area contributed by atoms with Crippen LogP contribution in [0.5, 0.6) is 0 Å². The van der Waals surface area contributed by atoms with Gasteiger partial charge >= 0.3 is 12.1 Å². The van der Waals surface area contributed by atoms with Crippen LogP contribution >= 0.6 is 0 Å². The highest BCUT2D eigenvalue weighted by molar-refractivity contribution is 6.25. The number of rotatable bonds is 1. The van der Waals surface area contributed by atoms with Crippen molar-refractivity contribution in [3.63, 3.8) is 0 Å². The van der Waals surface area contributed by atoms with E-state index in [9.17, 15) is 24.8 Å². The molecular weight excluding hydrogens is 348 g/mol. The van der Waals surface area contributed by atoms with Gasteiger partial charge in [0.2, 0.25) is 0 Å². The number of amides is 4. The van der Waals surface area contributed by atoms with Gasteiger partial charge in [-0.1, -0.05) is 24.3 Å². The number of carbonyl (C=O) groups excluding carboxylic acids is 2. The number of fused-ring (bicyclic) bond motifs is 6. The zero-order valence-electron chi connectivity index (χ0n) is 14.1. The molecule has 3 heterocycles. The van der Waals surface area contributed by atoms with Gasteiger partial charge in [0.05, 0.1) is 29.4 Å². The predicted octanol–water partition coefficient (Wildman–Crippen LogP) is 1.98. The Labute approximate surface area is 153 Å².